The van der Waals surface area contributed by atoms with Crippen LogP contribution in [0.15, 0.2) is 126 Å². The van der Waals surface area contributed by atoms with Crippen LogP contribution >= 0.6 is 0 Å². The van der Waals surface area contributed by atoms with Gasteiger partial charge in [-0.2, -0.15) is 0 Å². The Morgan fingerprint density at radius 2 is 1.18 bits per heavy atom. The Morgan fingerprint density at radius 1 is 0.650 bits per heavy atom. The Morgan fingerprint density at radius 3 is 1.77 bits per heavy atom. The molecule has 0 aliphatic carbocycles. The predicted octanol–water partition coefficient (Wildman–Crippen LogP) is 5.80. The molecule has 4 aromatic carbocycles. The van der Waals surface area contributed by atoms with Gasteiger partial charge in [-0.3, -0.25) is 4.21 Å². The lowest BCUT2D eigenvalue weighted by atomic mass is 9.98. The van der Waals surface area contributed by atoms with Crippen LogP contribution in [-0.2, 0) is 47.7 Å². The van der Waals surface area contributed by atoms with Crippen LogP contribution in [0.3, 0.4) is 0 Å². The molecule has 206 valence electrons. The second-order valence-corrected chi connectivity index (χ2v) is 11.4. The van der Waals surface area contributed by atoms with Crippen molar-refractivity contribution in [2.24, 2.45) is 0 Å². The molecule has 2 heterocycles. The molecule has 40 heavy (non-hydrogen) atoms. The van der Waals surface area contributed by atoms with Crippen molar-refractivity contribution in [2.45, 2.75) is 54.3 Å². The zero-order valence-electron chi connectivity index (χ0n) is 22.0. The smallest absolute Gasteiger partial charge is 0.184 e. The summed E-state index contributed by atoms with van der Waals surface area (Å²) in [6.45, 7) is 0.951. The van der Waals surface area contributed by atoms with Crippen molar-refractivity contribution >= 4 is 10.8 Å². The number of rotatable bonds is 9. The van der Waals surface area contributed by atoms with Crippen molar-refractivity contribution in [1.82, 2.24) is 0 Å². The number of fused-ring (bicyclic) bond motifs is 1. The molecule has 0 radical (unpaired) electrons. The molecule has 2 saturated heterocycles. The lowest BCUT2D eigenvalue weighted by Crippen LogP contribution is -2.63. The molecule has 4 aromatic rings. The fourth-order valence-electron chi connectivity index (χ4n) is 5.09. The van der Waals surface area contributed by atoms with Gasteiger partial charge in [0.2, 0.25) is 0 Å². The van der Waals surface area contributed by atoms with Crippen molar-refractivity contribution in [3.63, 3.8) is 0 Å². The first-order valence-electron chi connectivity index (χ1n) is 13.5. The molecule has 7 heteroatoms. The van der Waals surface area contributed by atoms with Crippen molar-refractivity contribution in [3.05, 3.63) is 138 Å². The zero-order chi connectivity index (χ0) is 27.1. The largest absolute Gasteiger partial charge is 0.368 e. The Hall–Kier alpha value is -3.17. The van der Waals surface area contributed by atoms with E-state index < -0.39 is 46.9 Å². The van der Waals surface area contributed by atoms with Gasteiger partial charge in [-0.1, -0.05) is 109 Å². The van der Waals surface area contributed by atoms with Crippen LogP contribution in [0.25, 0.3) is 0 Å². The van der Waals surface area contributed by atoms with E-state index in [4.69, 9.17) is 23.7 Å². The molecule has 0 amide bonds. The van der Waals surface area contributed by atoms with E-state index in [2.05, 4.69) is 0 Å². The van der Waals surface area contributed by atoms with Crippen LogP contribution < -0.4 is 0 Å². The minimum absolute atomic E-state index is 0.281. The van der Waals surface area contributed by atoms with E-state index in [1.165, 1.54) is 0 Å². The molecule has 0 saturated carbocycles. The standard InChI is InChI=1S/C33H32O6S/c34-40(27-19-11-4-12-20-27)33-31(36-22-25-15-7-2-8-16-25)30(35-21-24-13-5-1-6-14-24)29-28(38-33)23-37-32(39-29)26-17-9-3-10-18-26/h1-20,28-33H,21-23H2/t28-,29-,30+,31+,32-,33-,40?/m1/s1. The van der Waals surface area contributed by atoms with Crippen molar-refractivity contribution < 1.29 is 27.9 Å². The fraction of sp³-hybridized carbons (Fsp3) is 0.273. The highest BCUT2D eigenvalue weighted by molar-refractivity contribution is 7.85. The Balaban J connectivity index is 1.33. The minimum Gasteiger partial charge on any atom is -0.368 e. The van der Waals surface area contributed by atoms with E-state index in [0.717, 1.165) is 16.7 Å². The summed E-state index contributed by atoms with van der Waals surface area (Å²) in [4.78, 5) is 0.667. The van der Waals surface area contributed by atoms with E-state index in [-0.39, 0.29) is 6.61 Å². The van der Waals surface area contributed by atoms with Crippen LogP contribution in [-0.4, -0.2) is 40.7 Å². The molecule has 0 spiro atoms. The number of hydrogen-bond donors (Lipinski definition) is 0. The van der Waals surface area contributed by atoms with Gasteiger partial charge < -0.3 is 23.7 Å². The Bertz CT molecular complexity index is 1360. The molecule has 0 bridgehead atoms. The minimum atomic E-state index is -1.52. The molecule has 2 fully saturated rings. The first kappa shape index (κ1) is 27.0. The molecule has 7 atom stereocenters. The van der Waals surface area contributed by atoms with E-state index in [1.54, 1.807) is 0 Å². The average Bonchev–Trinajstić information content (AvgIpc) is 3.03. The number of ether oxygens (including phenoxy) is 5. The lowest BCUT2D eigenvalue weighted by molar-refractivity contribution is -0.330. The van der Waals surface area contributed by atoms with Gasteiger partial charge in [0, 0.05) is 10.5 Å². The first-order valence-corrected chi connectivity index (χ1v) is 14.7. The predicted molar refractivity (Wildman–Crippen MR) is 152 cm³/mol. The summed E-state index contributed by atoms with van der Waals surface area (Å²) in [6.07, 6.45) is -2.77. The number of benzene rings is 4. The second-order valence-electron chi connectivity index (χ2n) is 9.85. The van der Waals surface area contributed by atoms with Crippen LogP contribution in [0.2, 0.25) is 0 Å². The topological polar surface area (TPSA) is 63.2 Å². The highest BCUT2D eigenvalue weighted by atomic mass is 32.2. The summed E-state index contributed by atoms with van der Waals surface area (Å²) in [5, 5.41) is 0. The normalized spacial score (nSPS) is 27.0. The molecular weight excluding hydrogens is 524 g/mol. The molecule has 2 aliphatic rings. The van der Waals surface area contributed by atoms with Gasteiger partial charge in [0.05, 0.1) is 30.6 Å². The summed E-state index contributed by atoms with van der Waals surface area (Å²) in [6, 6.07) is 39.1. The first-order chi connectivity index (χ1) is 19.8. The lowest BCUT2D eigenvalue weighted by Gasteiger charge is -2.49. The van der Waals surface area contributed by atoms with Gasteiger partial charge in [-0.05, 0) is 23.3 Å². The van der Waals surface area contributed by atoms with Crippen LogP contribution in [0, 0.1) is 0 Å². The highest BCUT2D eigenvalue weighted by Crippen LogP contribution is 2.38. The Labute approximate surface area is 237 Å². The second kappa shape index (κ2) is 13.0. The third-order valence-electron chi connectivity index (χ3n) is 7.11. The van der Waals surface area contributed by atoms with Gasteiger partial charge >= 0.3 is 0 Å². The van der Waals surface area contributed by atoms with Crippen LogP contribution in [0.5, 0.6) is 0 Å². The molecule has 1 unspecified atom stereocenters. The third-order valence-corrected chi connectivity index (χ3v) is 8.65. The Kier molecular flexibility index (Phi) is 8.78. The maximum absolute atomic E-state index is 14.0. The zero-order valence-corrected chi connectivity index (χ0v) is 22.8. The molecule has 6 rings (SSSR count). The fourth-order valence-corrected chi connectivity index (χ4v) is 6.50. The third kappa shape index (κ3) is 6.25. The van der Waals surface area contributed by atoms with Crippen LogP contribution in [0.1, 0.15) is 23.0 Å². The van der Waals surface area contributed by atoms with Gasteiger partial charge in [0.1, 0.15) is 24.4 Å². The quantitative estimate of drug-likeness (QED) is 0.260. The maximum atomic E-state index is 14.0. The van der Waals surface area contributed by atoms with Gasteiger partial charge in [0.25, 0.3) is 0 Å². The highest BCUT2D eigenvalue weighted by Gasteiger charge is 2.53. The van der Waals surface area contributed by atoms with Gasteiger partial charge in [-0.25, -0.2) is 0 Å². The SMILES string of the molecule is O=S(c1ccccc1)[C@H]1O[C@@H]2CO[C@@H](c3ccccc3)O[C@H]2[C@H](OCc2ccccc2)[C@@H]1OCc1ccccc1. The average molecular weight is 557 g/mol. The molecule has 0 N–H and O–H groups in total. The van der Waals surface area contributed by atoms with Crippen molar-refractivity contribution in [1.29, 1.82) is 0 Å². The monoisotopic (exact) mass is 556 g/mol. The van der Waals surface area contributed by atoms with Gasteiger partial charge in [-0.15, -0.1) is 0 Å². The van der Waals surface area contributed by atoms with E-state index in [9.17, 15) is 4.21 Å². The molecule has 0 aromatic heterocycles. The molecular formula is C33H32O6S. The molecule has 6 nitrogen and oxygen atoms in total. The molecule has 2 aliphatic heterocycles. The summed E-state index contributed by atoms with van der Waals surface area (Å²) in [7, 11) is -1.52. The summed E-state index contributed by atoms with van der Waals surface area (Å²) < 4.78 is 46.3. The van der Waals surface area contributed by atoms with E-state index in [0.29, 0.717) is 18.1 Å². The van der Waals surface area contributed by atoms with E-state index >= 15 is 0 Å². The summed E-state index contributed by atoms with van der Waals surface area (Å²) >= 11 is 0. The van der Waals surface area contributed by atoms with E-state index in [1.807, 2.05) is 121 Å². The maximum Gasteiger partial charge on any atom is 0.184 e. The van der Waals surface area contributed by atoms with Crippen molar-refractivity contribution in [3.8, 4) is 0 Å². The summed E-state index contributed by atoms with van der Waals surface area (Å²) in [5.41, 5.74) is 2.17. The van der Waals surface area contributed by atoms with Crippen molar-refractivity contribution in [2.75, 3.05) is 6.61 Å². The number of hydrogen-bond acceptors (Lipinski definition) is 6. The van der Waals surface area contributed by atoms with Crippen LogP contribution in [0.4, 0.5) is 0 Å². The van der Waals surface area contributed by atoms with Gasteiger partial charge in [0.15, 0.2) is 11.7 Å². The summed E-state index contributed by atoms with van der Waals surface area (Å²) in [5.74, 6) is 0.